The number of hydrogen-bond donors (Lipinski definition) is 1. The molecule has 0 aromatic carbocycles. The molecule has 4 heteroatoms. The van der Waals surface area contributed by atoms with Gasteiger partial charge >= 0.3 is 0 Å². The van der Waals surface area contributed by atoms with E-state index in [0.29, 0.717) is 6.04 Å². The Kier molecular flexibility index (Phi) is 2.60. The Morgan fingerprint density at radius 2 is 2.15 bits per heavy atom. The molecule has 0 spiro atoms. The van der Waals surface area contributed by atoms with Crippen LogP contribution in [0, 0.1) is 0 Å². The number of halogens is 1. The maximum atomic E-state index is 5.82. The van der Waals surface area contributed by atoms with Crippen molar-refractivity contribution in [3.63, 3.8) is 0 Å². The molecule has 0 aliphatic carbocycles. The standard InChI is InChI=1S/C9H13BrN2O/c10-8-3-6-13-9(8)12-4-1-7(11)2-5-12/h3,6-7H,1-2,4-5,11H2. The van der Waals surface area contributed by atoms with E-state index in [2.05, 4.69) is 20.8 Å². The van der Waals surface area contributed by atoms with Gasteiger partial charge in [0.2, 0.25) is 5.88 Å². The molecule has 1 aliphatic rings. The zero-order chi connectivity index (χ0) is 9.26. The Morgan fingerprint density at radius 1 is 1.46 bits per heavy atom. The van der Waals surface area contributed by atoms with E-state index in [4.69, 9.17) is 10.2 Å². The van der Waals surface area contributed by atoms with Crippen LogP contribution in [0.25, 0.3) is 0 Å². The maximum absolute atomic E-state index is 5.82. The fourth-order valence-corrected chi connectivity index (χ4v) is 2.07. The van der Waals surface area contributed by atoms with Crippen molar-refractivity contribution in [2.75, 3.05) is 18.0 Å². The van der Waals surface area contributed by atoms with Crippen molar-refractivity contribution in [2.45, 2.75) is 18.9 Å². The van der Waals surface area contributed by atoms with Crippen LogP contribution in [-0.2, 0) is 0 Å². The SMILES string of the molecule is NC1CCN(c2occc2Br)CC1. The second-order valence-corrected chi connectivity index (χ2v) is 4.25. The lowest BCUT2D eigenvalue weighted by molar-refractivity contribution is 0.462. The minimum absolute atomic E-state index is 0.366. The molecular weight excluding hydrogens is 232 g/mol. The van der Waals surface area contributed by atoms with Crippen molar-refractivity contribution in [2.24, 2.45) is 5.73 Å². The Labute approximate surface area is 86.0 Å². The van der Waals surface area contributed by atoms with E-state index in [9.17, 15) is 0 Å². The van der Waals surface area contributed by atoms with Crippen LogP contribution < -0.4 is 10.6 Å². The minimum atomic E-state index is 0.366. The highest BCUT2D eigenvalue weighted by molar-refractivity contribution is 9.10. The molecule has 0 radical (unpaired) electrons. The van der Waals surface area contributed by atoms with Crippen molar-refractivity contribution in [3.8, 4) is 0 Å². The lowest BCUT2D eigenvalue weighted by Crippen LogP contribution is -2.39. The van der Waals surface area contributed by atoms with Crippen molar-refractivity contribution in [1.82, 2.24) is 0 Å². The molecule has 2 N–H and O–H groups in total. The summed E-state index contributed by atoms with van der Waals surface area (Å²) in [6.07, 6.45) is 3.80. The Morgan fingerprint density at radius 3 is 2.69 bits per heavy atom. The molecule has 1 aliphatic heterocycles. The molecular formula is C9H13BrN2O. The highest BCUT2D eigenvalue weighted by Gasteiger charge is 2.19. The summed E-state index contributed by atoms with van der Waals surface area (Å²) in [6, 6.07) is 2.29. The van der Waals surface area contributed by atoms with Crippen molar-refractivity contribution >= 4 is 21.8 Å². The normalized spacial score (nSPS) is 19.4. The highest BCUT2D eigenvalue weighted by Crippen LogP contribution is 2.29. The molecule has 2 heterocycles. The summed E-state index contributed by atoms with van der Waals surface area (Å²) in [5, 5.41) is 0. The first kappa shape index (κ1) is 9.09. The van der Waals surface area contributed by atoms with E-state index < -0.39 is 0 Å². The number of hydrogen-bond acceptors (Lipinski definition) is 3. The fraction of sp³-hybridized carbons (Fsp3) is 0.556. The maximum Gasteiger partial charge on any atom is 0.209 e. The molecule has 0 atom stereocenters. The Balaban J connectivity index is 2.06. The van der Waals surface area contributed by atoms with Crippen molar-refractivity contribution in [3.05, 3.63) is 16.8 Å². The first-order valence-corrected chi connectivity index (χ1v) is 5.30. The number of anilines is 1. The zero-order valence-corrected chi connectivity index (χ0v) is 8.96. The van der Waals surface area contributed by atoms with Gasteiger partial charge in [-0.15, -0.1) is 0 Å². The summed E-state index contributed by atoms with van der Waals surface area (Å²) in [5.74, 6) is 0.937. The molecule has 1 saturated heterocycles. The number of nitrogens with zero attached hydrogens (tertiary/aromatic N) is 1. The van der Waals surface area contributed by atoms with Crippen molar-refractivity contribution in [1.29, 1.82) is 0 Å². The monoisotopic (exact) mass is 244 g/mol. The van der Waals surface area contributed by atoms with Crippen LogP contribution in [0.5, 0.6) is 0 Å². The van der Waals surface area contributed by atoms with E-state index in [1.54, 1.807) is 6.26 Å². The molecule has 72 valence electrons. The molecule has 0 amide bonds. The number of rotatable bonds is 1. The Bertz CT molecular complexity index is 279. The van der Waals surface area contributed by atoms with Gasteiger partial charge in [-0.2, -0.15) is 0 Å². The molecule has 1 fully saturated rings. The van der Waals surface area contributed by atoms with Crippen LogP contribution in [0.1, 0.15) is 12.8 Å². The van der Waals surface area contributed by atoms with Gasteiger partial charge in [0.25, 0.3) is 0 Å². The van der Waals surface area contributed by atoms with Gasteiger partial charge in [0.1, 0.15) is 0 Å². The van der Waals surface area contributed by atoms with Gasteiger partial charge in [0.05, 0.1) is 10.7 Å². The van der Waals surface area contributed by atoms with Gasteiger partial charge in [-0.05, 0) is 34.8 Å². The molecule has 2 rings (SSSR count). The molecule has 1 aromatic rings. The predicted octanol–water partition coefficient (Wildman–Crippen LogP) is 1.97. The second kappa shape index (κ2) is 3.72. The number of furan rings is 1. The summed E-state index contributed by atoms with van der Waals surface area (Å²) in [4.78, 5) is 2.23. The average Bonchev–Trinajstić information content (AvgIpc) is 2.53. The minimum Gasteiger partial charge on any atom is -0.448 e. The van der Waals surface area contributed by atoms with E-state index in [1.807, 2.05) is 6.07 Å². The van der Waals surface area contributed by atoms with Crippen LogP contribution >= 0.6 is 15.9 Å². The van der Waals surface area contributed by atoms with E-state index in [0.717, 1.165) is 36.3 Å². The first-order valence-electron chi connectivity index (χ1n) is 4.51. The second-order valence-electron chi connectivity index (χ2n) is 3.40. The summed E-state index contributed by atoms with van der Waals surface area (Å²) in [7, 11) is 0. The molecule has 0 bridgehead atoms. The Hall–Kier alpha value is -0.480. The predicted molar refractivity (Wildman–Crippen MR) is 55.8 cm³/mol. The fourth-order valence-electron chi connectivity index (χ4n) is 1.61. The van der Waals surface area contributed by atoms with Gasteiger partial charge in [-0.25, -0.2) is 0 Å². The summed E-state index contributed by atoms with van der Waals surface area (Å²) >= 11 is 3.45. The summed E-state index contributed by atoms with van der Waals surface area (Å²) < 4.78 is 6.41. The lowest BCUT2D eigenvalue weighted by atomic mass is 10.1. The van der Waals surface area contributed by atoms with Gasteiger partial charge in [-0.3, -0.25) is 0 Å². The van der Waals surface area contributed by atoms with Gasteiger partial charge in [-0.1, -0.05) is 0 Å². The van der Waals surface area contributed by atoms with E-state index in [1.165, 1.54) is 0 Å². The highest BCUT2D eigenvalue weighted by atomic mass is 79.9. The van der Waals surface area contributed by atoms with Crippen molar-refractivity contribution < 1.29 is 4.42 Å². The average molecular weight is 245 g/mol. The number of piperidine rings is 1. The molecule has 0 unspecified atom stereocenters. The van der Waals surface area contributed by atoms with Gasteiger partial charge in [0, 0.05) is 19.1 Å². The molecule has 13 heavy (non-hydrogen) atoms. The third-order valence-electron chi connectivity index (χ3n) is 2.43. The van der Waals surface area contributed by atoms with Crippen LogP contribution in [0.3, 0.4) is 0 Å². The van der Waals surface area contributed by atoms with Crippen LogP contribution in [0.4, 0.5) is 5.88 Å². The first-order chi connectivity index (χ1) is 6.27. The summed E-state index contributed by atoms with van der Waals surface area (Å²) in [5.41, 5.74) is 5.82. The topological polar surface area (TPSA) is 42.4 Å². The number of nitrogens with two attached hydrogens (primary N) is 1. The zero-order valence-electron chi connectivity index (χ0n) is 7.37. The third kappa shape index (κ3) is 1.89. The van der Waals surface area contributed by atoms with E-state index in [-0.39, 0.29) is 0 Å². The summed E-state index contributed by atoms with van der Waals surface area (Å²) in [6.45, 7) is 1.99. The largest absolute Gasteiger partial charge is 0.448 e. The smallest absolute Gasteiger partial charge is 0.209 e. The molecule has 1 aromatic heterocycles. The van der Waals surface area contributed by atoms with Crippen LogP contribution in [-0.4, -0.2) is 19.1 Å². The van der Waals surface area contributed by atoms with Gasteiger partial charge in [0.15, 0.2) is 0 Å². The molecule has 3 nitrogen and oxygen atoms in total. The molecule has 0 saturated carbocycles. The van der Waals surface area contributed by atoms with Crippen LogP contribution in [0.15, 0.2) is 21.2 Å². The van der Waals surface area contributed by atoms with Gasteiger partial charge < -0.3 is 15.1 Å². The lowest BCUT2D eigenvalue weighted by Gasteiger charge is -2.30. The third-order valence-corrected chi connectivity index (χ3v) is 3.03. The van der Waals surface area contributed by atoms with Crippen LogP contribution in [0.2, 0.25) is 0 Å². The van der Waals surface area contributed by atoms with E-state index >= 15 is 0 Å². The quantitative estimate of drug-likeness (QED) is 0.822.